The van der Waals surface area contributed by atoms with Crippen LogP contribution in [0.3, 0.4) is 0 Å². The lowest BCUT2D eigenvalue weighted by molar-refractivity contribution is -0.387. The van der Waals surface area contributed by atoms with Gasteiger partial charge in [-0.25, -0.2) is 13.4 Å². The number of hydrogen-bond donors (Lipinski definition) is 3. The summed E-state index contributed by atoms with van der Waals surface area (Å²) in [5.74, 6) is -0.816. The van der Waals surface area contributed by atoms with Crippen LogP contribution in [0.1, 0.15) is 24.2 Å². The number of carbonyl (C=O) groups excluding carboxylic acids is 1. The van der Waals surface area contributed by atoms with Crippen LogP contribution in [0.5, 0.6) is 0 Å². The standard InChI is InChI=1S/C19H20N8O7S2/c1-3-25(4-2)36(33,34)13-6-7-14(15(10-13)26(29)30)22-23-18(28)12-5-8-17(16(9-12)27(31)32)35-19-20-11-21-24-19/h5-11,22H,3-4H2,1-2H3,(H,23,28)(H,20,21,24). The summed E-state index contributed by atoms with van der Waals surface area (Å²) in [4.78, 5) is 38.0. The van der Waals surface area contributed by atoms with Crippen LogP contribution in [0, 0.1) is 20.2 Å². The van der Waals surface area contributed by atoms with Gasteiger partial charge in [0.1, 0.15) is 12.0 Å². The first-order valence-corrected chi connectivity index (χ1v) is 12.5. The Kier molecular flexibility index (Phi) is 8.18. The van der Waals surface area contributed by atoms with Gasteiger partial charge in [-0.2, -0.15) is 9.40 Å². The molecule has 3 N–H and O–H groups in total. The summed E-state index contributed by atoms with van der Waals surface area (Å²) < 4.78 is 26.5. The molecule has 0 aliphatic heterocycles. The smallest absolute Gasteiger partial charge is 0.292 e. The largest absolute Gasteiger partial charge is 0.295 e. The highest BCUT2D eigenvalue weighted by Gasteiger charge is 2.26. The fraction of sp³-hybridized carbons (Fsp3) is 0.211. The molecule has 0 spiro atoms. The zero-order valence-electron chi connectivity index (χ0n) is 18.9. The van der Waals surface area contributed by atoms with Gasteiger partial charge in [0.15, 0.2) is 5.16 Å². The quantitative estimate of drug-likeness (QED) is 0.240. The number of nitro benzene ring substituents is 2. The summed E-state index contributed by atoms with van der Waals surface area (Å²) in [5.41, 5.74) is 3.39. The number of nitrogens with one attached hydrogen (secondary N) is 3. The lowest BCUT2D eigenvalue weighted by atomic mass is 10.2. The summed E-state index contributed by atoms with van der Waals surface area (Å²) in [5, 5.41) is 29.6. The van der Waals surface area contributed by atoms with Crippen molar-refractivity contribution in [1.29, 1.82) is 0 Å². The summed E-state index contributed by atoms with van der Waals surface area (Å²) in [6.07, 6.45) is 1.24. The molecule has 36 heavy (non-hydrogen) atoms. The van der Waals surface area contributed by atoms with Crippen LogP contribution in [0.4, 0.5) is 17.1 Å². The predicted molar refractivity (Wildman–Crippen MR) is 128 cm³/mol. The van der Waals surface area contributed by atoms with Gasteiger partial charge in [0.05, 0.1) is 19.6 Å². The highest BCUT2D eigenvalue weighted by atomic mass is 32.2. The van der Waals surface area contributed by atoms with Gasteiger partial charge in [-0.1, -0.05) is 13.8 Å². The minimum absolute atomic E-state index is 0.0977. The number of carbonyl (C=O) groups is 1. The molecule has 17 heteroatoms. The Morgan fingerprint density at radius 3 is 2.36 bits per heavy atom. The Labute approximate surface area is 208 Å². The molecular weight excluding hydrogens is 516 g/mol. The van der Waals surface area contributed by atoms with Crippen molar-refractivity contribution in [1.82, 2.24) is 24.9 Å². The van der Waals surface area contributed by atoms with E-state index >= 15 is 0 Å². The molecule has 0 saturated carbocycles. The van der Waals surface area contributed by atoms with E-state index in [1.165, 1.54) is 24.5 Å². The third-order valence-electron chi connectivity index (χ3n) is 4.84. The van der Waals surface area contributed by atoms with Crippen LogP contribution in [-0.2, 0) is 10.0 Å². The minimum atomic E-state index is -3.95. The monoisotopic (exact) mass is 536 g/mol. The number of amides is 1. The summed E-state index contributed by atoms with van der Waals surface area (Å²) >= 11 is 0.948. The molecule has 0 aliphatic carbocycles. The topological polar surface area (TPSA) is 206 Å². The Morgan fingerprint density at radius 2 is 1.78 bits per heavy atom. The molecule has 0 saturated heterocycles. The highest BCUT2D eigenvalue weighted by molar-refractivity contribution is 7.99. The zero-order chi connectivity index (χ0) is 26.5. The number of aromatic amines is 1. The fourth-order valence-corrected chi connectivity index (χ4v) is 5.33. The number of anilines is 1. The van der Waals surface area contributed by atoms with Crippen LogP contribution in [0.15, 0.2) is 57.7 Å². The maximum atomic E-state index is 12.7. The van der Waals surface area contributed by atoms with Crippen molar-refractivity contribution in [3.63, 3.8) is 0 Å². The van der Waals surface area contributed by atoms with Crippen LogP contribution in [-0.4, -0.2) is 56.7 Å². The molecule has 190 valence electrons. The maximum Gasteiger partial charge on any atom is 0.295 e. The molecular formula is C19H20N8O7S2. The molecule has 3 rings (SSSR count). The normalized spacial score (nSPS) is 11.3. The molecule has 2 aromatic carbocycles. The minimum Gasteiger partial charge on any atom is -0.292 e. The van der Waals surface area contributed by atoms with Gasteiger partial charge in [-0.15, -0.1) is 0 Å². The second kappa shape index (κ2) is 11.1. The SMILES string of the molecule is CCN(CC)S(=O)(=O)c1ccc(NNC(=O)c2ccc(Sc3ncn[nH]3)c([N+](=O)[O-])c2)c([N+](=O)[O-])c1. The van der Waals surface area contributed by atoms with E-state index in [0.29, 0.717) is 5.16 Å². The highest BCUT2D eigenvalue weighted by Crippen LogP contribution is 2.33. The predicted octanol–water partition coefficient (Wildman–Crippen LogP) is 2.56. The van der Waals surface area contributed by atoms with Crippen molar-refractivity contribution in [2.45, 2.75) is 28.8 Å². The molecule has 0 atom stereocenters. The van der Waals surface area contributed by atoms with Gasteiger partial charge < -0.3 is 0 Å². The Bertz CT molecular complexity index is 1390. The molecule has 0 fully saturated rings. The van der Waals surface area contributed by atoms with Gasteiger partial charge in [0.25, 0.3) is 17.3 Å². The molecule has 1 amide bonds. The summed E-state index contributed by atoms with van der Waals surface area (Å²) in [6, 6.07) is 6.95. The number of H-pyrrole nitrogens is 1. The van der Waals surface area contributed by atoms with E-state index in [-0.39, 0.29) is 39.8 Å². The number of aromatic nitrogens is 3. The van der Waals surface area contributed by atoms with Crippen LogP contribution >= 0.6 is 11.8 Å². The molecule has 15 nitrogen and oxygen atoms in total. The maximum absolute atomic E-state index is 12.7. The number of hydrogen-bond acceptors (Lipinski definition) is 11. The Morgan fingerprint density at radius 1 is 1.08 bits per heavy atom. The van der Waals surface area contributed by atoms with Crippen molar-refractivity contribution in [3.05, 3.63) is 68.5 Å². The number of rotatable bonds is 11. The number of benzene rings is 2. The van der Waals surface area contributed by atoms with Crippen molar-refractivity contribution in [2.75, 3.05) is 18.5 Å². The molecule has 1 aromatic heterocycles. The number of sulfonamides is 1. The zero-order valence-corrected chi connectivity index (χ0v) is 20.5. The van der Waals surface area contributed by atoms with Gasteiger partial charge in [-0.3, -0.25) is 41.0 Å². The average Bonchev–Trinajstić information content (AvgIpc) is 3.36. The van der Waals surface area contributed by atoms with Gasteiger partial charge >= 0.3 is 0 Å². The second-order valence-corrected chi connectivity index (χ2v) is 9.91. The lowest BCUT2D eigenvalue weighted by Crippen LogP contribution is -2.31. The second-order valence-electron chi connectivity index (χ2n) is 6.94. The number of nitrogens with zero attached hydrogens (tertiary/aromatic N) is 5. The van der Waals surface area contributed by atoms with E-state index in [2.05, 4.69) is 26.0 Å². The van der Waals surface area contributed by atoms with E-state index in [9.17, 15) is 33.4 Å². The van der Waals surface area contributed by atoms with E-state index in [1.54, 1.807) is 13.8 Å². The van der Waals surface area contributed by atoms with E-state index in [4.69, 9.17) is 0 Å². The van der Waals surface area contributed by atoms with Crippen molar-refractivity contribution < 1.29 is 23.1 Å². The summed E-state index contributed by atoms with van der Waals surface area (Å²) in [7, 11) is -3.95. The molecule has 0 aliphatic rings. The Hall–Kier alpha value is -4.09. The molecule has 0 unspecified atom stereocenters. The third-order valence-corrected chi connectivity index (χ3v) is 7.84. The fourth-order valence-electron chi connectivity index (χ4n) is 3.07. The van der Waals surface area contributed by atoms with Gasteiger partial charge in [0, 0.05) is 30.8 Å². The first kappa shape index (κ1) is 26.5. The summed E-state index contributed by atoms with van der Waals surface area (Å²) in [6.45, 7) is 3.66. The van der Waals surface area contributed by atoms with Crippen molar-refractivity contribution in [2.24, 2.45) is 0 Å². The van der Waals surface area contributed by atoms with Gasteiger partial charge in [0.2, 0.25) is 10.0 Å². The number of nitro groups is 2. The molecule has 3 aromatic rings. The lowest BCUT2D eigenvalue weighted by Gasteiger charge is -2.18. The molecule has 1 heterocycles. The van der Waals surface area contributed by atoms with E-state index in [1.807, 2.05) is 0 Å². The Balaban J connectivity index is 1.82. The molecule has 0 bridgehead atoms. The van der Waals surface area contributed by atoms with E-state index < -0.39 is 31.5 Å². The van der Waals surface area contributed by atoms with Crippen LogP contribution < -0.4 is 10.9 Å². The van der Waals surface area contributed by atoms with Crippen molar-refractivity contribution in [3.8, 4) is 0 Å². The number of hydrazine groups is 1. The first-order valence-electron chi connectivity index (χ1n) is 10.2. The van der Waals surface area contributed by atoms with Gasteiger partial charge in [-0.05, 0) is 36.0 Å². The average molecular weight is 537 g/mol. The van der Waals surface area contributed by atoms with Crippen molar-refractivity contribution >= 4 is 44.8 Å². The third kappa shape index (κ3) is 5.75. The molecule has 0 radical (unpaired) electrons. The first-order chi connectivity index (χ1) is 17.1. The van der Waals surface area contributed by atoms with Crippen LogP contribution in [0.25, 0.3) is 0 Å². The van der Waals surface area contributed by atoms with E-state index in [0.717, 1.165) is 34.3 Å². The van der Waals surface area contributed by atoms with Crippen LogP contribution in [0.2, 0.25) is 0 Å².